The first-order chi connectivity index (χ1) is 62.5. The number of Topliss-reactive ketones (excluding diaryl/α,β-unsaturated/α-hetero) is 1. The van der Waals surface area contributed by atoms with E-state index >= 15 is 0 Å². The molecule has 1 saturated heterocycles. The highest BCUT2D eigenvalue weighted by Gasteiger charge is 2.57. The van der Waals surface area contributed by atoms with Gasteiger partial charge in [-0.2, -0.15) is 39.5 Å². The molecular formula is C115H125F9IO4S4+5. The zero-order valence-corrected chi connectivity index (χ0v) is 85.3. The maximum absolute atomic E-state index is 13.6. The van der Waals surface area contributed by atoms with Crippen LogP contribution in [0.3, 0.4) is 0 Å². The van der Waals surface area contributed by atoms with Gasteiger partial charge in [0.05, 0.1) is 38.5 Å². The minimum Gasteiger partial charge on any atom is -0.481 e. The Morgan fingerprint density at radius 2 is 0.774 bits per heavy atom. The normalized spacial score (nSPS) is 17.7. The van der Waals surface area contributed by atoms with Gasteiger partial charge in [0.15, 0.2) is 62.2 Å². The molecule has 4 saturated carbocycles. The molecule has 5 aliphatic rings. The fraction of sp³-hybridized carbons (Fsp3) is 0.357. The number of fused-ring (bicyclic) bond motifs is 3. The first-order valence-corrected chi connectivity index (χ1v) is 53.2. The van der Waals surface area contributed by atoms with E-state index in [0.717, 1.165) is 52.0 Å². The zero-order valence-electron chi connectivity index (χ0n) is 79.8. The predicted molar refractivity (Wildman–Crippen MR) is 531 cm³/mol. The van der Waals surface area contributed by atoms with Crippen molar-refractivity contribution in [3.05, 3.63) is 352 Å². The second-order valence-corrected chi connectivity index (χ2v) is 51.7. The Balaban J connectivity index is 0.000000145. The molecule has 12 aromatic carbocycles. The first kappa shape index (κ1) is 101. The number of aryl methyl sites for hydroxylation is 7. The molecule has 13 aromatic rings. The summed E-state index contributed by atoms with van der Waals surface area (Å²) >= 11 is -0.0703. The van der Waals surface area contributed by atoms with Gasteiger partial charge in [0.1, 0.15) is 22.9 Å². The Kier molecular flexibility index (Phi) is 31.6. The van der Waals surface area contributed by atoms with E-state index in [9.17, 15) is 49.1 Å². The molecule has 4 aliphatic carbocycles. The third-order valence-electron chi connectivity index (χ3n) is 26.0. The van der Waals surface area contributed by atoms with Gasteiger partial charge in [-0.25, -0.2) is 4.79 Å². The van der Waals surface area contributed by atoms with Crippen molar-refractivity contribution in [3.8, 4) is 10.6 Å². The van der Waals surface area contributed by atoms with Crippen LogP contribution in [0.2, 0.25) is 0 Å². The van der Waals surface area contributed by atoms with Crippen molar-refractivity contribution in [3.63, 3.8) is 0 Å². The van der Waals surface area contributed by atoms with Crippen LogP contribution in [0.5, 0.6) is 5.75 Å². The molecule has 18 heteroatoms. The molecule has 1 unspecified atom stereocenters. The van der Waals surface area contributed by atoms with Gasteiger partial charge in [-0.05, 0) is 291 Å². The van der Waals surface area contributed by atoms with E-state index < -0.39 is 46.1 Å². The van der Waals surface area contributed by atoms with Crippen molar-refractivity contribution in [1.29, 1.82) is 0 Å². The van der Waals surface area contributed by atoms with Gasteiger partial charge in [0, 0.05) is 79.2 Å². The largest absolute Gasteiger partial charge is 0.481 e. The predicted octanol–water partition coefficient (Wildman–Crippen LogP) is 29.4. The average molecular weight is 2000 g/mol. The van der Waals surface area contributed by atoms with Crippen LogP contribution in [0.1, 0.15) is 211 Å². The van der Waals surface area contributed by atoms with E-state index in [0.29, 0.717) is 45.8 Å². The van der Waals surface area contributed by atoms with Crippen molar-refractivity contribution >= 4 is 75.1 Å². The molecular weight excluding hydrogens is 1870 g/mol. The number of rotatable bonds is 16. The zero-order chi connectivity index (χ0) is 96.2. The van der Waals surface area contributed by atoms with Crippen LogP contribution < -0.4 is 25.9 Å². The molecule has 4 nitrogen and oxygen atoms in total. The second kappa shape index (κ2) is 41.5. The summed E-state index contributed by atoms with van der Waals surface area (Å²) in [6, 6.07) is 86.7. The monoisotopic (exact) mass is 2000 g/mol. The van der Waals surface area contributed by atoms with Crippen molar-refractivity contribution < 1.29 is 79.8 Å². The van der Waals surface area contributed by atoms with E-state index in [-0.39, 0.29) is 114 Å². The second-order valence-electron chi connectivity index (χ2n) is 39.9. The number of ketones is 1. The van der Waals surface area contributed by atoms with Crippen LogP contribution in [-0.2, 0) is 77.0 Å². The summed E-state index contributed by atoms with van der Waals surface area (Å²) < 4.78 is 140. The molecule has 5 fully saturated rings. The lowest BCUT2D eigenvalue weighted by molar-refractivity contribution is -0.597. The number of thiophene rings is 1. The molecule has 18 rings (SSSR count). The Hall–Kier alpha value is -9.05. The van der Waals surface area contributed by atoms with E-state index in [1.165, 1.54) is 139 Å². The average Bonchev–Trinajstić information content (AvgIpc) is 1.31. The number of benzene rings is 12. The van der Waals surface area contributed by atoms with Crippen molar-refractivity contribution in [2.75, 3.05) is 18.1 Å². The van der Waals surface area contributed by atoms with Crippen molar-refractivity contribution in [1.82, 2.24) is 0 Å². The quantitative estimate of drug-likeness (QED) is 0.0318. The lowest BCUT2D eigenvalue weighted by Crippen LogP contribution is -3.61. The van der Waals surface area contributed by atoms with Gasteiger partial charge >= 0.3 is 45.7 Å². The van der Waals surface area contributed by atoms with Gasteiger partial charge in [-0.1, -0.05) is 207 Å². The highest BCUT2D eigenvalue weighted by molar-refractivity contribution is 7.99. The van der Waals surface area contributed by atoms with Crippen LogP contribution in [0.15, 0.2) is 296 Å². The summed E-state index contributed by atoms with van der Waals surface area (Å²) in [6.07, 6.45) is -6.05. The van der Waals surface area contributed by atoms with Crippen LogP contribution in [0.25, 0.3) is 25.1 Å². The van der Waals surface area contributed by atoms with Crippen LogP contribution in [0.4, 0.5) is 39.5 Å². The molecule has 4 bridgehead atoms. The third kappa shape index (κ3) is 24.7. The maximum Gasteiger partial charge on any atom is 0.416 e. The van der Waals surface area contributed by atoms with Crippen LogP contribution >= 0.6 is 10.5 Å². The Morgan fingerprint density at radius 3 is 1.20 bits per heavy atom. The molecule has 0 spiro atoms. The summed E-state index contributed by atoms with van der Waals surface area (Å²) in [4.78, 5) is 31.1. The molecule has 1 aromatic heterocycles. The standard InChI is InChI=1S/C33H37O3S.C25H20F9S.C20H26I.C19H15S.C18H27OS/c1-22-14-30(37(28-10-6-4-7-11-28)29-12-8-5-9-13-29)15-23(2)32(22)35-21-31(34)36-33(3)26-17-24-16-25(19-26)20-27(33)18-24;1-13-5-15(3)22(16(4)6-13)35(20-8-14(2)7-17(10-20)23(26,27)28)21-11-18(24(29,30)31)9-19(12-21)25(32,33)34;1-19(2,3)15-7-11-17(12-8-15)21-18-13-9-16(10-14-18)20(4,5)6;1-14-10-12-15(13-11-14)20-18-8-4-2-6-16(18)17-7-3-5-9-19(17)20;1-17(2,3)15-10-8-14(9-11-15)16(19)18(4,5)20-12-6-7-13-20/h4-15,24-27H,16-21H2,1-3H3;5-12H,1-4H3;7-14H,1-6H3;2-13H,1H3;8-11H,6-7,12-13H2,1-5H3/q5*+1. The molecule has 698 valence electrons. The summed E-state index contributed by atoms with van der Waals surface area (Å²) in [5, 5.41) is 2.79. The smallest absolute Gasteiger partial charge is 0.416 e. The Morgan fingerprint density at radius 1 is 0.391 bits per heavy atom. The van der Waals surface area contributed by atoms with Crippen LogP contribution in [-0.4, -0.2) is 40.2 Å². The van der Waals surface area contributed by atoms with E-state index in [1.807, 2.05) is 12.1 Å². The summed E-state index contributed by atoms with van der Waals surface area (Å²) in [6.45, 7) is 39.4. The van der Waals surface area contributed by atoms with Gasteiger partial charge < -0.3 is 9.47 Å². The van der Waals surface area contributed by atoms with Crippen LogP contribution in [0, 0.1) is 79.3 Å². The summed E-state index contributed by atoms with van der Waals surface area (Å²) in [5.74, 6) is 6.09. The minimum atomic E-state index is -5.09. The highest BCUT2D eigenvalue weighted by atomic mass is 127. The fourth-order valence-electron chi connectivity index (χ4n) is 19.1. The molecule has 0 radical (unpaired) electrons. The highest BCUT2D eigenvalue weighted by Crippen LogP contribution is 2.60. The summed E-state index contributed by atoms with van der Waals surface area (Å²) in [7, 11) is -1.60. The molecule has 2 heterocycles. The third-order valence-corrected chi connectivity index (χ3v) is 38.9. The minimum absolute atomic E-state index is 0.0112. The van der Waals surface area contributed by atoms with Gasteiger partial charge in [-0.15, -0.1) is 0 Å². The molecule has 0 amide bonds. The number of hydrogen-bond donors (Lipinski definition) is 0. The van der Waals surface area contributed by atoms with E-state index in [4.69, 9.17) is 9.47 Å². The van der Waals surface area contributed by atoms with Gasteiger partial charge in [0.25, 0.3) is 0 Å². The molecule has 1 aliphatic heterocycles. The summed E-state index contributed by atoms with van der Waals surface area (Å²) in [5.41, 5.74) is 6.71. The lowest BCUT2D eigenvalue weighted by Gasteiger charge is -2.59. The number of carbonyl (C=O) groups is 2. The van der Waals surface area contributed by atoms with E-state index in [2.05, 4.69) is 310 Å². The number of halogens is 10. The fourth-order valence-corrected chi connectivity index (χ4v) is 31.2. The maximum atomic E-state index is 13.6. The number of alkyl halides is 9. The Bertz CT molecular complexity index is 5960. The van der Waals surface area contributed by atoms with E-state index in [1.54, 1.807) is 32.9 Å². The van der Waals surface area contributed by atoms with Gasteiger partial charge in [-0.3, -0.25) is 4.79 Å². The van der Waals surface area contributed by atoms with Crippen molar-refractivity contribution in [2.45, 2.75) is 251 Å². The first-order valence-electron chi connectivity index (χ1n) is 45.8. The number of ether oxygens (including phenoxy) is 2. The molecule has 1 atom stereocenters. The Labute approximate surface area is 803 Å². The number of hydrogen-bond acceptors (Lipinski definition) is 4. The lowest BCUT2D eigenvalue weighted by atomic mass is 9.50. The van der Waals surface area contributed by atoms with Crippen molar-refractivity contribution in [2.24, 2.45) is 23.7 Å². The topological polar surface area (TPSA) is 52.6 Å². The number of carbonyl (C=O) groups excluding carboxylic acids is 2. The molecule has 133 heavy (non-hydrogen) atoms. The molecule has 0 N–H and O–H groups in total. The van der Waals surface area contributed by atoms with Gasteiger partial charge in [0.2, 0.25) is 5.78 Å². The SMILES string of the molecule is CC(C)(C)c1ccc(C(=O)C(C)(C)[S+]2CCCC2)cc1.CC(C)(C)c1ccc([I+]c2ccc(C(C)(C)C)cc2)cc1.Cc1cc([S+](c2cc(C(F)(F)F)cc(C(F)(F)F)c2)c2c(C)cc(C)cc2C)cc(C(F)(F)F)c1.Cc1cc([S+](c2ccccc2)c2ccccc2)cc(C)c1OCC(=O)OC1(C)C2CC3CC(C2)CC1C3.Cc1ccc(-[s+]2c3ccccc3c3ccccc32)cc1. The number of esters is 1.